The smallest absolute Gasteiger partial charge is 0.252 e. The van der Waals surface area contributed by atoms with E-state index in [0.717, 1.165) is 11.1 Å². The van der Waals surface area contributed by atoms with Crippen LogP contribution in [0.2, 0.25) is 0 Å². The molecule has 5 nitrogen and oxygen atoms in total. The Labute approximate surface area is 141 Å². The number of para-hydroxylation sites is 1. The molecule has 0 aromatic heterocycles. The van der Waals surface area contributed by atoms with Gasteiger partial charge in [-0.2, -0.15) is 0 Å². The van der Waals surface area contributed by atoms with Crippen LogP contribution in [-0.2, 0) is 9.59 Å². The molecule has 0 fully saturated rings. The number of benzene rings is 2. The van der Waals surface area contributed by atoms with Crippen molar-refractivity contribution in [3.63, 3.8) is 0 Å². The number of rotatable bonds is 6. The van der Waals surface area contributed by atoms with Gasteiger partial charge in [-0.25, -0.2) is 0 Å². The van der Waals surface area contributed by atoms with Crippen LogP contribution in [0, 0.1) is 0 Å². The Morgan fingerprint density at radius 2 is 1.71 bits per heavy atom. The first-order chi connectivity index (χ1) is 11.5. The van der Waals surface area contributed by atoms with Gasteiger partial charge in [0.2, 0.25) is 5.91 Å². The number of ether oxygens (including phenoxy) is 1. The maximum absolute atomic E-state index is 12.6. The van der Waals surface area contributed by atoms with Gasteiger partial charge >= 0.3 is 0 Å². The SMILES string of the molecule is COc1ccccc1/C=C(/C(=O)NC(C)C(N)=O)c1ccccc1. The van der Waals surface area contributed by atoms with E-state index in [9.17, 15) is 9.59 Å². The molecule has 0 aliphatic rings. The van der Waals surface area contributed by atoms with Crippen molar-refractivity contribution >= 4 is 23.5 Å². The van der Waals surface area contributed by atoms with Crippen LogP contribution in [0.25, 0.3) is 11.6 Å². The third kappa shape index (κ3) is 4.23. The van der Waals surface area contributed by atoms with Crippen LogP contribution in [-0.4, -0.2) is 25.0 Å². The summed E-state index contributed by atoms with van der Waals surface area (Å²) in [5.41, 5.74) is 7.15. The van der Waals surface area contributed by atoms with Crippen molar-refractivity contribution in [1.29, 1.82) is 0 Å². The predicted molar refractivity (Wildman–Crippen MR) is 94.1 cm³/mol. The highest BCUT2D eigenvalue weighted by atomic mass is 16.5. The summed E-state index contributed by atoms with van der Waals surface area (Å²) in [5, 5.41) is 2.61. The Morgan fingerprint density at radius 3 is 2.33 bits per heavy atom. The fourth-order valence-electron chi connectivity index (χ4n) is 2.18. The van der Waals surface area contributed by atoms with Crippen LogP contribution in [0.5, 0.6) is 5.75 Å². The second kappa shape index (κ2) is 7.97. The van der Waals surface area contributed by atoms with Crippen LogP contribution in [0.15, 0.2) is 54.6 Å². The highest BCUT2D eigenvalue weighted by Gasteiger charge is 2.17. The van der Waals surface area contributed by atoms with Crippen molar-refractivity contribution in [1.82, 2.24) is 5.32 Å². The van der Waals surface area contributed by atoms with Crippen molar-refractivity contribution in [2.75, 3.05) is 7.11 Å². The van der Waals surface area contributed by atoms with Crippen LogP contribution in [0.4, 0.5) is 0 Å². The third-order valence-electron chi connectivity index (χ3n) is 3.54. The first-order valence-corrected chi connectivity index (χ1v) is 7.53. The highest BCUT2D eigenvalue weighted by Crippen LogP contribution is 2.24. The maximum atomic E-state index is 12.6. The monoisotopic (exact) mass is 324 g/mol. The predicted octanol–water partition coefficient (Wildman–Crippen LogP) is 2.23. The van der Waals surface area contributed by atoms with Crippen molar-refractivity contribution in [3.8, 4) is 5.75 Å². The molecule has 1 atom stereocenters. The second-order valence-electron chi connectivity index (χ2n) is 5.26. The highest BCUT2D eigenvalue weighted by molar-refractivity contribution is 6.24. The number of nitrogens with two attached hydrogens (primary N) is 1. The van der Waals surface area contributed by atoms with Crippen molar-refractivity contribution in [3.05, 3.63) is 65.7 Å². The zero-order valence-electron chi connectivity index (χ0n) is 13.7. The number of carbonyl (C=O) groups excluding carboxylic acids is 2. The molecule has 0 saturated heterocycles. The van der Waals surface area contributed by atoms with Gasteiger partial charge in [-0.15, -0.1) is 0 Å². The average molecular weight is 324 g/mol. The average Bonchev–Trinajstić information content (AvgIpc) is 2.60. The minimum atomic E-state index is -0.762. The zero-order chi connectivity index (χ0) is 17.5. The van der Waals surface area contributed by atoms with Crippen molar-refractivity contribution in [2.45, 2.75) is 13.0 Å². The van der Waals surface area contributed by atoms with Gasteiger partial charge < -0.3 is 15.8 Å². The first-order valence-electron chi connectivity index (χ1n) is 7.53. The molecule has 0 heterocycles. The quantitative estimate of drug-likeness (QED) is 0.631. The molecule has 1 unspecified atom stereocenters. The van der Waals surface area contributed by atoms with Crippen molar-refractivity contribution in [2.24, 2.45) is 5.73 Å². The van der Waals surface area contributed by atoms with Crippen LogP contribution in [0.1, 0.15) is 18.1 Å². The molecule has 2 amide bonds. The van der Waals surface area contributed by atoms with Gasteiger partial charge in [-0.05, 0) is 24.6 Å². The summed E-state index contributed by atoms with van der Waals surface area (Å²) in [5.74, 6) is -0.312. The fourth-order valence-corrected chi connectivity index (χ4v) is 2.18. The Morgan fingerprint density at radius 1 is 1.08 bits per heavy atom. The number of methoxy groups -OCH3 is 1. The van der Waals surface area contributed by atoms with Crippen LogP contribution < -0.4 is 15.8 Å². The van der Waals surface area contributed by atoms with E-state index in [4.69, 9.17) is 10.5 Å². The van der Waals surface area contributed by atoms with E-state index in [0.29, 0.717) is 11.3 Å². The number of primary amides is 1. The van der Waals surface area contributed by atoms with Crippen LogP contribution in [0.3, 0.4) is 0 Å². The summed E-state index contributed by atoms with van der Waals surface area (Å²) >= 11 is 0. The standard InChI is InChI=1S/C19H20N2O3/c1-13(18(20)22)21-19(23)16(14-8-4-3-5-9-14)12-15-10-6-7-11-17(15)24-2/h3-13H,1-2H3,(H2,20,22)(H,21,23)/b16-12+. The minimum absolute atomic E-state index is 0.376. The Bertz CT molecular complexity index is 754. The van der Waals surface area contributed by atoms with E-state index in [-0.39, 0.29) is 5.91 Å². The molecule has 0 saturated carbocycles. The zero-order valence-corrected chi connectivity index (χ0v) is 13.7. The molecule has 0 aliphatic heterocycles. The molecule has 124 valence electrons. The Hall–Kier alpha value is -3.08. The number of amides is 2. The topological polar surface area (TPSA) is 81.4 Å². The van der Waals surface area contributed by atoms with E-state index in [2.05, 4.69) is 5.32 Å². The molecule has 0 bridgehead atoms. The molecule has 0 spiro atoms. The molecular weight excluding hydrogens is 304 g/mol. The largest absolute Gasteiger partial charge is 0.496 e. The van der Waals surface area contributed by atoms with E-state index in [1.807, 2.05) is 54.6 Å². The molecule has 2 aromatic carbocycles. The Kier molecular flexibility index (Phi) is 5.73. The van der Waals surface area contributed by atoms with E-state index < -0.39 is 11.9 Å². The summed E-state index contributed by atoms with van der Waals surface area (Å²) in [6, 6.07) is 15.8. The molecular formula is C19H20N2O3. The molecule has 2 aromatic rings. The molecule has 0 radical (unpaired) electrons. The van der Waals surface area contributed by atoms with Crippen molar-refractivity contribution < 1.29 is 14.3 Å². The number of hydrogen-bond donors (Lipinski definition) is 2. The molecule has 5 heteroatoms. The van der Waals surface area contributed by atoms with Gasteiger partial charge in [0.25, 0.3) is 5.91 Å². The van der Waals surface area contributed by atoms with Gasteiger partial charge in [0.15, 0.2) is 0 Å². The molecule has 3 N–H and O–H groups in total. The summed E-state index contributed by atoms with van der Waals surface area (Å²) in [7, 11) is 1.57. The van der Waals surface area contributed by atoms with Gasteiger partial charge in [0, 0.05) is 11.1 Å². The maximum Gasteiger partial charge on any atom is 0.252 e. The molecule has 2 rings (SSSR count). The first kappa shape index (κ1) is 17.3. The molecule has 0 aliphatic carbocycles. The van der Waals surface area contributed by atoms with E-state index in [1.54, 1.807) is 20.1 Å². The second-order valence-corrected chi connectivity index (χ2v) is 5.26. The Balaban J connectivity index is 2.45. The summed E-state index contributed by atoms with van der Waals surface area (Å²) in [6.45, 7) is 1.55. The number of nitrogens with one attached hydrogen (secondary N) is 1. The van der Waals surface area contributed by atoms with Gasteiger partial charge in [0.05, 0.1) is 7.11 Å². The number of carbonyl (C=O) groups is 2. The lowest BCUT2D eigenvalue weighted by Crippen LogP contribution is -2.42. The fraction of sp³-hybridized carbons (Fsp3) is 0.158. The third-order valence-corrected chi connectivity index (χ3v) is 3.54. The summed E-state index contributed by atoms with van der Waals surface area (Å²) < 4.78 is 5.33. The lowest BCUT2D eigenvalue weighted by molar-refractivity contribution is -0.124. The van der Waals surface area contributed by atoms with Gasteiger partial charge in [-0.3, -0.25) is 9.59 Å². The number of hydrogen-bond acceptors (Lipinski definition) is 3. The van der Waals surface area contributed by atoms with Gasteiger partial charge in [0.1, 0.15) is 11.8 Å². The molecule has 24 heavy (non-hydrogen) atoms. The minimum Gasteiger partial charge on any atom is -0.496 e. The van der Waals surface area contributed by atoms with E-state index in [1.165, 1.54) is 0 Å². The lowest BCUT2D eigenvalue weighted by atomic mass is 10.0. The summed E-state index contributed by atoms with van der Waals surface area (Å²) in [6.07, 6.45) is 1.73. The van der Waals surface area contributed by atoms with Crippen LogP contribution >= 0.6 is 0 Å². The summed E-state index contributed by atoms with van der Waals surface area (Å²) in [4.78, 5) is 23.9. The van der Waals surface area contributed by atoms with E-state index >= 15 is 0 Å². The van der Waals surface area contributed by atoms with Gasteiger partial charge in [-0.1, -0.05) is 48.5 Å². The lowest BCUT2D eigenvalue weighted by Gasteiger charge is -2.14. The normalized spacial score (nSPS) is 12.3.